The van der Waals surface area contributed by atoms with Gasteiger partial charge in [-0.3, -0.25) is 24.0 Å². The number of allylic oxidation sites excluding steroid dienone is 1. The molecule has 208 valence electrons. The molecule has 1 fully saturated rings. The van der Waals surface area contributed by atoms with Crippen LogP contribution in [0, 0.1) is 5.92 Å². The van der Waals surface area contributed by atoms with Crippen LogP contribution in [-0.4, -0.2) is 38.9 Å². The van der Waals surface area contributed by atoms with Crippen LogP contribution in [0.5, 0.6) is 0 Å². The summed E-state index contributed by atoms with van der Waals surface area (Å²) in [6, 6.07) is 6.80. The van der Waals surface area contributed by atoms with Crippen molar-refractivity contribution < 1.29 is 19.5 Å². The summed E-state index contributed by atoms with van der Waals surface area (Å²) in [5.41, 5.74) is 9.56. The van der Waals surface area contributed by atoms with Gasteiger partial charge in [-0.2, -0.15) is 0 Å². The van der Waals surface area contributed by atoms with Gasteiger partial charge in [0.25, 0.3) is 22.7 Å². The molecule has 0 saturated heterocycles. The van der Waals surface area contributed by atoms with E-state index in [2.05, 4.69) is 20.6 Å². The van der Waals surface area contributed by atoms with E-state index in [0.717, 1.165) is 34.2 Å². The number of nitrogens with zero attached hydrogens (tertiary/aromatic N) is 3. The Morgan fingerprint density at radius 3 is 2.54 bits per heavy atom. The number of nitrogens with one attached hydrogen (secondary N) is 2. The first-order chi connectivity index (χ1) is 19.7. The van der Waals surface area contributed by atoms with Crippen LogP contribution in [-0.2, 0) is 24.4 Å². The lowest BCUT2D eigenvalue weighted by Crippen LogP contribution is -2.40. The molecular formula is C29H26N6O6. The lowest BCUT2D eigenvalue weighted by Gasteiger charge is -2.19. The Kier molecular flexibility index (Phi) is 6.45. The lowest BCUT2D eigenvalue weighted by molar-refractivity contribution is -0.140. The highest BCUT2D eigenvalue weighted by Gasteiger charge is 2.32. The average Bonchev–Trinajstić information content (AvgIpc) is 3.58. The zero-order valence-corrected chi connectivity index (χ0v) is 21.8. The summed E-state index contributed by atoms with van der Waals surface area (Å²) in [6.45, 7) is 1.12. The minimum Gasteiger partial charge on any atom is -0.481 e. The summed E-state index contributed by atoms with van der Waals surface area (Å²) in [6.07, 6.45) is 6.53. The van der Waals surface area contributed by atoms with Crippen LogP contribution >= 0.6 is 0 Å². The van der Waals surface area contributed by atoms with E-state index in [1.165, 1.54) is 6.07 Å². The van der Waals surface area contributed by atoms with Gasteiger partial charge in [-0.15, -0.1) is 0 Å². The molecule has 3 aromatic rings. The van der Waals surface area contributed by atoms with E-state index in [1.807, 2.05) is 24.3 Å². The molecule has 12 nitrogen and oxygen atoms in total. The minimum absolute atomic E-state index is 0.00187. The summed E-state index contributed by atoms with van der Waals surface area (Å²) in [5.74, 6) is -2.32. The van der Waals surface area contributed by atoms with Crippen molar-refractivity contribution in [1.29, 1.82) is 0 Å². The highest BCUT2D eigenvalue weighted by molar-refractivity contribution is 5.97. The maximum atomic E-state index is 12.9. The van der Waals surface area contributed by atoms with Gasteiger partial charge in [0, 0.05) is 25.7 Å². The van der Waals surface area contributed by atoms with Crippen molar-refractivity contribution in [3.63, 3.8) is 0 Å². The highest BCUT2D eigenvalue weighted by Crippen LogP contribution is 2.36. The fourth-order valence-corrected chi connectivity index (χ4v) is 5.70. The Balaban J connectivity index is 1.06. The Hall–Kier alpha value is -5.13. The van der Waals surface area contributed by atoms with E-state index in [4.69, 9.17) is 5.73 Å². The number of hydrogen-bond donors (Lipinski definition) is 4. The van der Waals surface area contributed by atoms with E-state index in [1.54, 1.807) is 11.0 Å². The Morgan fingerprint density at radius 1 is 1.02 bits per heavy atom. The molecule has 3 aliphatic rings. The lowest BCUT2D eigenvalue weighted by atomic mass is 9.91. The number of anilines is 2. The van der Waals surface area contributed by atoms with Crippen molar-refractivity contribution in [2.45, 2.75) is 44.9 Å². The van der Waals surface area contributed by atoms with Gasteiger partial charge in [-0.25, -0.2) is 9.97 Å². The van der Waals surface area contributed by atoms with Crippen LogP contribution in [0.4, 0.5) is 11.4 Å². The number of aromatic nitrogens is 2. The quantitative estimate of drug-likeness (QED) is 0.307. The zero-order valence-electron chi connectivity index (χ0n) is 21.8. The maximum Gasteiger partial charge on any atom is 0.310 e. The number of rotatable bonds is 7. The Morgan fingerprint density at radius 2 is 1.78 bits per heavy atom. The summed E-state index contributed by atoms with van der Waals surface area (Å²) >= 11 is 0. The second kappa shape index (κ2) is 10.1. The molecule has 6 rings (SSSR count). The fraction of sp³-hybridized carbons (Fsp3) is 0.276. The van der Waals surface area contributed by atoms with Crippen molar-refractivity contribution in [3.8, 4) is 0 Å². The number of benzene rings is 1. The maximum absolute atomic E-state index is 12.9. The first-order valence-corrected chi connectivity index (χ1v) is 13.2. The first kappa shape index (κ1) is 26.1. The van der Waals surface area contributed by atoms with Gasteiger partial charge >= 0.3 is 5.97 Å². The predicted molar refractivity (Wildman–Crippen MR) is 148 cm³/mol. The van der Waals surface area contributed by atoms with Gasteiger partial charge in [-0.1, -0.05) is 30.4 Å². The molecule has 41 heavy (non-hydrogen) atoms. The number of fused-ring (bicyclic) bond motifs is 2. The molecule has 2 heterocycles. The van der Waals surface area contributed by atoms with Crippen LogP contribution in [0.3, 0.4) is 0 Å². The Labute approximate surface area is 233 Å². The number of carboxylic acid groups (broad SMARTS) is 1. The van der Waals surface area contributed by atoms with Crippen molar-refractivity contribution in [1.82, 2.24) is 20.6 Å². The Bertz CT molecular complexity index is 1750. The molecule has 2 aliphatic carbocycles. The summed E-state index contributed by atoms with van der Waals surface area (Å²) in [5, 5.41) is 15.0. The van der Waals surface area contributed by atoms with Gasteiger partial charge in [0.2, 0.25) is 0 Å². The van der Waals surface area contributed by atoms with E-state index >= 15 is 0 Å². The third-order valence-electron chi connectivity index (χ3n) is 7.88. The molecule has 1 aromatic heterocycles. The van der Waals surface area contributed by atoms with Crippen molar-refractivity contribution in [2.75, 3.05) is 10.6 Å². The van der Waals surface area contributed by atoms with E-state index in [9.17, 15) is 29.1 Å². The van der Waals surface area contributed by atoms with Gasteiger partial charge in [0.15, 0.2) is 0 Å². The van der Waals surface area contributed by atoms with Crippen LogP contribution in [0.15, 0.2) is 63.5 Å². The average molecular weight is 555 g/mol. The summed E-state index contributed by atoms with van der Waals surface area (Å²) in [4.78, 5) is 70.3. The molecule has 2 amide bonds. The molecule has 1 saturated carbocycles. The number of hydrogen-bond acceptors (Lipinski definition) is 9. The number of nitrogen functional groups attached to an aromatic ring is 1. The second-order valence-corrected chi connectivity index (χ2v) is 10.4. The summed E-state index contributed by atoms with van der Waals surface area (Å²) in [7, 11) is 0. The highest BCUT2D eigenvalue weighted by atomic mass is 16.4. The topological polar surface area (TPSA) is 185 Å². The van der Waals surface area contributed by atoms with Gasteiger partial charge in [0.1, 0.15) is 29.1 Å². The molecule has 2 aromatic carbocycles. The van der Waals surface area contributed by atoms with Gasteiger partial charge in [-0.05, 0) is 47.1 Å². The monoisotopic (exact) mass is 554 g/mol. The van der Waals surface area contributed by atoms with Crippen molar-refractivity contribution in [2.24, 2.45) is 5.92 Å². The van der Waals surface area contributed by atoms with Crippen molar-refractivity contribution >= 4 is 29.2 Å². The standard InChI is InChI=1S/C29H26N6O6/c30-23-24(26(37)25(23)36)35-11-17-2-1-14(7-18(17)12-35)10-31-27(38)21-9-22(33-13-32-21)28(39)34-20-6-4-15-8-16(29(40)41)3-5-19(15)20/h1-2,5,7-9,13,16,20H,3-4,6,10-12,30H2,(H,31,38)(H,34,39)(H,40,41)/t16?,20-/m0/s1. The molecule has 2 atom stereocenters. The van der Waals surface area contributed by atoms with Gasteiger partial charge in [0.05, 0.1) is 12.0 Å². The fourth-order valence-electron chi connectivity index (χ4n) is 5.70. The number of carboxylic acids is 1. The SMILES string of the molecule is Nc1c(N2Cc3ccc(CNC(=O)c4cc(C(=O)N[C@H]5CCC6=CC(C(=O)O)CC=C65)ncn4)cc3C2)c(=O)c1=O. The third-order valence-corrected chi connectivity index (χ3v) is 7.88. The largest absolute Gasteiger partial charge is 0.481 e. The molecule has 1 aliphatic heterocycles. The molecule has 12 heteroatoms. The first-order valence-electron chi connectivity index (χ1n) is 13.2. The predicted octanol–water partition coefficient (Wildman–Crippen LogP) is 0.954. The number of aliphatic carboxylic acids is 1. The van der Waals surface area contributed by atoms with Crippen LogP contribution in [0.1, 0.15) is 56.9 Å². The smallest absolute Gasteiger partial charge is 0.310 e. The van der Waals surface area contributed by atoms with E-state index in [0.29, 0.717) is 32.4 Å². The third kappa shape index (κ3) is 4.77. The second-order valence-electron chi connectivity index (χ2n) is 10.4. The molecule has 1 unspecified atom stereocenters. The molecular weight excluding hydrogens is 528 g/mol. The normalized spacial score (nSPS) is 19.3. The van der Waals surface area contributed by atoms with Crippen LogP contribution < -0.4 is 32.1 Å². The number of carbonyl (C=O) groups excluding carboxylic acids is 2. The molecule has 0 bridgehead atoms. The van der Waals surface area contributed by atoms with Crippen LogP contribution in [0.25, 0.3) is 0 Å². The number of nitrogens with two attached hydrogens (primary N) is 1. The van der Waals surface area contributed by atoms with Crippen molar-refractivity contribution in [3.05, 3.63) is 102 Å². The van der Waals surface area contributed by atoms with Gasteiger partial charge < -0.3 is 26.4 Å². The summed E-state index contributed by atoms with van der Waals surface area (Å²) < 4.78 is 0. The minimum atomic E-state index is -0.862. The number of amides is 2. The molecule has 5 N–H and O–H groups in total. The number of carbonyl (C=O) groups is 3. The zero-order chi connectivity index (χ0) is 28.8. The van der Waals surface area contributed by atoms with E-state index in [-0.39, 0.29) is 35.3 Å². The van der Waals surface area contributed by atoms with Crippen LogP contribution in [0.2, 0.25) is 0 Å². The van der Waals surface area contributed by atoms with E-state index < -0.39 is 34.6 Å². The molecule has 0 spiro atoms. The molecule has 0 radical (unpaired) electrons.